The predicted molar refractivity (Wildman–Crippen MR) is 136 cm³/mol. The van der Waals surface area contributed by atoms with E-state index >= 15 is 0 Å². The van der Waals surface area contributed by atoms with Gasteiger partial charge in [-0.1, -0.05) is 0 Å². The quantitative estimate of drug-likeness (QED) is 0.117. The van der Waals surface area contributed by atoms with Gasteiger partial charge in [-0.2, -0.15) is 0 Å². The van der Waals surface area contributed by atoms with Gasteiger partial charge in [-0.15, -0.1) is 0 Å². The minimum absolute atomic E-state index is 0.450. The summed E-state index contributed by atoms with van der Waals surface area (Å²) in [6, 6.07) is 0. The summed E-state index contributed by atoms with van der Waals surface area (Å²) < 4.78 is 32.4. The third kappa shape index (κ3) is 13.2. The number of phosphoric ester groups is 1. The van der Waals surface area contributed by atoms with Gasteiger partial charge in [0.1, 0.15) is 0 Å². The number of rotatable bonds is 22. The average molecular weight is 469 g/mol. The molecule has 0 unspecified atom stereocenters. The zero-order valence-corrected chi connectivity index (χ0v) is 23.0. The van der Waals surface area contributed by atoms with Crippen molar-refractivity contribution in [3.05, 3.63) is 0 Å². The molecule has 0 fully saturated rings. The standard InChI is InChI=1S/C24H54O4P2/c1-7-12-17-22-30(6,23-18-13-8-2,24-19-14-9-3)28-29(25,26-20-15-10-4)27-21-16-11-5/h7-24H2,1-6H3. The van der Waals surface area contributed by atoms with Gasteiger partial charge in [0.2, 0.25) is 0 Å². The van der Waals surface area contributed by atoms with E-state index in [0.29, 0.717) is 13.2 Å². The molecule has 0 spiro atoms. The van der Waals surface area contributed by atoms with E-state index in [1.165, 1.54) is 38.5 Å². The van der Waals surface area contributed by atoms with Gasteiger partial charge in [-0.25, -0.2) is 0 Å². The molecule has 0 radical (unpaired) electrons. The van der Waals surface area contributed by atoms with Crippen LogP contribution in [-0.2, 0) is 17.9 Å². The van der Waals surface area contributed by atoms with Crippen molar-refractivity contribution in [1.82, 2.24) is 0 Å². The van der Waals surface area contributed by atoms with E-state index in [9.17, 15) is 4.57 Å². The molecular weight excluding hydrogens is 414 g/mol. The van der Waals surface area contributed by atoms with Crippen molar-refractivity contribution in [3.8, 4) is 0 Å². The molecule has 0 aromatic rings. The van der Waals surface area contributed by atoms with E-state index < -0.39 is 14.7 Å². The maximum atomic E-state index is 13.8. The molecule has 0 amide bonds. The van der Waals surface area contributed by atoms with E-state index in [4.69, 9.17) is 13.4 Å². The Labute approximate surface area is 189 Å². The van der Waals surface area contributed by atoms with Crippen LogP contribution >= 0.6 is 14.7 Å². The molecule has 0 N–H and O–H groups in total. The normalized spacial score (nSPS) is 14.0. The molecular formula is C24H54O4P2. The number of unbranched alkanes of at least 4 members (excludes halogenated alkanes) is 8. The van der Waals surface area contributed by atoms with Crippen LogP contribution in [0.1, 0.15) is 118 Å². The summed E-state index contributed by atoms with van der Waals surface area (Å²) in [7, 11) is -3.55. The molecule has 0 saturated heterocycles. The van der Waals surface area contributed by atoms with E-state index in [-0.39, 0.29) is 0 Å². The molecule has 4 nitrogen and oxygen atoms in total. The Hall–Kier alpha value is 0.540. The molecule has 0 saturated carbocycles. The molecule has 184 valence electrons. The Bertz CT molecular complexity index is 413. The third-order valence-corrected chi connectivity index (χ3v) is 14.6. The van der Waals surface area contributed by atoms with Gasteiger partial charge < -0.3 is 0 Å². The Balaban J connectivity index is 5.76. The molecule has 0 bridgehead atoms. The first-order valence-electron chi connectivity index (χ1n) is 12.9. The summed E-state index contributed by atoms with van der Waals surface area (Å²) in [5.74, 6) is 0. The number of phosphoric acid groups is 1. The molecule has 0 aliphatic heterocycles. The zero-order valence-electron chi connectivity index (χ0n) is 21.3. The Morgan fingerprint density at radius 1 is 0.567 bits per heavy atom. The first kappa shape index (κ1) is 30.5. The second-order valence-electron chi connectivity index (χ2n) is 9.38. The molecule has 0 aromatic heterocycles. The van der Waals surface area contributed by atoms with Crippen molar-refractivity contribution in [3.63, 3.8) is 0 Å². The Morgan fingerprint density at radius 3 is 1.20 bits per heavy atom. The van der Waals surface area contributed by atoms with Crippen LogP contribution in [0.25, 0.3) is 0 Å². The second-order valence-corrected chi connectivity index (χ2v) is 17.2. The zero-order chi connectivity index (χ0) is 22.8. The maximum absolute atomic E-state index is 13.8. The first-order chi connectivity index (χ1) is 14.3. The summed E-state index contributed by atoms with van der Waals surface area (Å²) in [5.41, 5.74) is 0. The monoisotopic (exact) mass is 468 g/mol. The van der Waals surface area contributed by atoms with Crippen LogP contribution in [0.3, 0.4) is 0 Å². The van der Waals surface area contributed by atoms with E-state index in [0.717, 1.165) is 63.4 Å². The molecule has 6 heteroatoms. The van der Waals surface area contributed by atoms with Gasteiger partial charge in [0.15, 0.2) is 0 Å². The summed E-state index contributed by atoms with van der Waals surface area (Å²) in [6.45, 7) is 11.5. The van der Waals surface area contributed by atoms with E-state index in [1.54, 1.807) is 0 Å². The van der Waals surface area contributed by atoms with Gasteiger partial charge in [-0.3, -0.25) is 0 Å². The molecule has 0 heterocycles. The van der Waals surface area contributed by atoms with Crippen molar-refractivity contribution >= 4 is 14.7 Å². The van der Waals surface area contributed by atoms with Crippen LogP contribution in [0.15, 0.2) is 0 Å². The van der Waals surface area contributed by atoms with Gasteiger partial charge in [0.25, 0.3) is 0 Å². The Kier molecular flexibility index (Phi) is 17.4. The average Bonchev–Trinajstić information content (AvgIpc) is 2.69. The second kappa shape index (κ2) is 17.1. The summed E-state index contributed by atoms with van der Waals surface area (Å²) in [4.78, 5) is 0. The van der Waals surface area contributed by atoms with Gasteiger partial charge in [0, 0.05) is 0 Å². The fourth-order valence-corrected chi connectivity index (χ4v) is 12.6. The molecule has 0 atom stereocenters. The van der Waals surface area contributed by atoms with Gasteiger partial charge in [0.05, 0.1) is 0 Å². The van der Waals surface area contributed by atoms with Gasteiger partial charge in [-0.05, 0) is 0 Å². The van der Waals surface area contributed by atoms with Gasteiger partial charge >= 0.3 is 189 Å². The van der Waals surface area contributed by atoms with Crippen molar-refractivity contribution in [1.29, 1.82) is 0 Å². The van der Waals surface area contributed by atoms with E-state index in [1.807, 2.05) is 0 Å². The summed E-state index contributed by atoms with van der Waals surface area (Å²) in [6.07, 6.45) is 17.5. The molecule has 0 rings (SSSR count). The van der Waals surface area contributed by atoms with Crippen LogP contribution in [-0.4, -0.2) is 38.4 Å². The summed E-state index contributed by atoms with van der Waals surface area (Å²) >= 11 is 0. The van der Waals surface area contributed by atoms with Crippen LogP contribution in [0.5, 0.6) is 0 Å². The molecule has 0 aliphatic carbocycles. The topological polar surface area (TPSA) is 44.8 Å². The Morgan fingerprint density at radius 2 is 0.900 bits per heavy atom. The minimum atomic E-state index is -3.55. The number of hydrogen-bond donors (Lipinski definition) is 0. The van der Waals surface area contributed by atoms with Crippen molar-refractivity contribution in [2.45, 2.75) is 118 Å². The molecule has 0 aromatic carbocycles. The van der Waals surface area contributed by atoms with Crippen LogP contribution < -0.4 is 0 Å². The molecule has 0 aliphatic rings. The van der Waals surface area contributed by atoms with Crippen molar-refractivity contribution in [2.75, 3.05) is 38.4 Å². The van der Waals surface area contributed by atoms with Crippen molar-refractivity contribution < 1.29 is 17.9 Å². The van der Waals surface area contributed by atoms with E-state index in [2.05, 4.69) is 41.3 Å². The fourth-order valence-electron chi connectivity index (χ4n) is 3.92. The number of hydrogen-bond acceptors (Lipinski definition) is 4. The third-order valence-electron chi connectivity index (χ3n) is 6.03. The SMILES string of the molecule is CCCCCP(C)(CCCCC)(CCCCC)OP(=O)(OCCCC)OCCCC. The fraction of sp³-hybridized carbons (Fsp3) is 1.00. The molecule has 30 heavy (non-hydrogen) atoms. The first-order valence-corrected chi connectivity index (χ1v) is 17.5. The van der Waals surface area contributed by atoms with Crippen LogP contribution in [0, 0.1) is 0 Å². The van der Waals surface area contributed by atoms with Crippen LogP contribution in [0.4, 0.5) is 0 Å². The predicted octanol–water partition coefficient (Wildman–Crippen LogP) is 9.41. The van der Waals surface area contributed by atoms with Crippen molar-refractivity contribution in [2.24, 2.45) is 0 Å². The van der Waals surface area contributed by atoms with Crippen LogP contribution in [0.2, 0.25) is 0 Å². The summed E-state index contributed by atoms with van der Waals surface area (Å²) in [5, 5.41) is 0.